The van der Waals surface area contributed by atoms with Crippen molar-refractivity contribution in [3.8, 4) is 0 Å². The number of nitrogens with two attached hydrogens (primary N) is 1. The molecule has 0 aliphatic carbocycles. The zero-order valence-electron chi connectivity index (χ0n) is 11.3. The lowest BCUT2D eigenvalue weighted by Gasteiger charge is -2.27. The monoisotopic (exact) mass is 295 g/mol. The maximum Gasteiger partial charge on any atom is 0.248 e. The predicted molar refractivity (Wildman–Crippen MR) is 78.8 cm³/mol. The highest BCUT2D eigenvalue weighted by atomic mass is 35.5. The molecule has 2 unspecified atom stereocenters. The van der Waals surface area contributed by atoms with Crippen LogP contribution in [-0.2, 0) is 4.79 Å². The molecular formula is C14H18ClN3O2. The van der Waals surface area contributed by atoms with E-state index in [1.54, 1.807) is 6.07 Å². The van der Waals surface area contributed by atoms with Gasteiger partial charge >= 0.3 is 0 Å². The van der Waals surface area contributed by atoms with Gasteiger partial charge < -0.3 is 16.4 Å². The van der Waals surface area contributed by atoms with E-state index in [1.807, 2.05) is 0 Å². The number of hydrogen-bond acceptors (Lipinski definition) is 3. The Bertz CT molecular complexity index is 533. The number of carbonyl (C=O) groups excluding carboxylic acids is 2. The maximum absolute atomic E-state index is 12.2. The molecule has 1 aliphatic heterocycles. The van der Waals surface area contributed by atoms with Gasteiger partial charge in [0.05, 0.1) is 10.7 Å². The molecule has 20 heavy (non-hydrogen) atoms. The number of carbonyl (C=O) groups is 2. The number of nitrogens with one attached hydrogen (secondary N) is 2. The van der Waals surface area contributed by atoms with Crippen molar-refractivity contribution >= 4 is 29.1 Å². The minimum atomic E-state index is -0.548. The third kappa shape index (κ3) is 3.49. The lowest BCUT2D eigenvalue weighted by molar-refractivity contribution is -0.120. The van der Waals surface area contributed by atoms with Crippen LogP contribution < -0.4 is 16.4 Å². The van der Waals surface area contributed by atoms with E-state index in [0.717, 1.165) is 19.4 Å². The molecule has 1 saturated heterocycles. The summed E-state index contributed by atoms with van der Waals surface area (Å²) in [5.74, 6) is -0.658. The highest BCUT2D eigenvalue weighted by Crippen LogP contribution is 2.25. The molecule has 2 rings (SSSR count). The summed E-state index contributed by atoms with van der Waals surface area (Å²) in [5.41, 5.74) is 5.97. The summed E-state index contributed by atoms with van der Waals surface area (Å²) in [5, 5.41) is 6.48. The van der Waals surface area contributed by atoms with Gasteiger partial charge in [0.15, 0.2) is 0 Å². The van der Waals surface area contributed by atoms with Crippen molar-refractivity contribution in [1.29, 1.82) is 0 Å². The zero-order chi connectivity index (χ0) is 14.7. The summed E-state index contributed by atoms with van der Waals surface area (Å²) < 4.78 is 0. The summed E-state index contributed by atoms with van der Waals surface area (Å²) in [4.78, 5) is 23.4. The lowest BCUT2D eigenvalue weighted by atomic mass is 9.92. The minimum Gasteiger partial charge on any atom is -0.366 e. The van der Waals surface area contributed by atoms with Gasteiger partial charge in [-0.05, 0) is 44.5 Å². The van der Waals surface area contributed by atoms with Crippen molar-refractivity contribution in [2.24, 2.45) is 11.7 Å². The fourth-order valence-electron chi connectivity index (χ4n) is 2.38. The van der Waals surface area contributed by atoms with Gasteiger partial charge in [-0.1, -0.05) is 11.6 Å². The van der Waals surface area contributed by atoms with Crippen LogP contribution in [-0.4, -0.2) is 24.4 Å². The Morgan fingerprint density at radius 2 is 2.20 bits per heavy atom. The van der Waals surface area contributed by atoms with Gasteiger partial charge in [0.25, 0.3) is 0 Å². The van der Waals surface area contributed by atoms with Gasteiger partial charge in [-0.2, -0.15) is 0 Å². The van der Waals surface area contributed by atoms with Gasteiger partial charge in [0.1, 0.15) is 0 Å². The second-order valence-corrected chi connectivity index (χ2v) is 5.53. The van der Waals surface area contributed by atoms with E-state index >= 15 is 0 Å². The van der Waals surface area contributed by atoms with Crippen LogP contribution in [0.2, 0.25) is 5.02 Å². The topological polar surface area (TPSA) is 84.2 Å². The van der Waals surface area contributed by atoms with Gasteiger partial charge in [-0.3, -0.25) is 9.59 Å². The van der Waals surface area contributed by atoms with Gasteiger partial charge in [-0.25, -0.2) is 0 Å². The van der Waals surface area contributed by atoms with Crippen LogP contribution >= 0.6 is 11.6 Å². The van der Waals surface area contributed by atoms with Crippen molar-refractivity contribution in [2.75, 3.05) is 11.9 Å². The molecule has 0 saturated carbocycles. The molecule has 1 aromatic carbocycles. The van der Waals surface area contributed by atoms with Crippen LogP contribution in [0.3, 0.4) is 0 Å². The number of amides is 2. The Balaban J connectivity index is 2.10. The van der Waals surface area contributed by atoms with Crippen molar-refractivity contribution in [3.63, 3.8) is 0 Å². The summed E-state index contributed by atoms with van der Waals surface area (Å²) in [6, 6.07) is 4.93. The second-order valence-electron chi connectivity index (χ2n) is 5.12. The van der Waals surface area contributed by atoms with Crippen LogP contribution in [0, 0.1) is 5.92 Å². The highest BCUT2D eigenvalue weighted by Gasteiger charge is 2.25. The standard InChI is InChI=1S/C14H18ClN3O2/c1-8-6-10(4-5-17-8)14(20)18-12-7-9(13(16)19)2-3-11(12)15/h2-3,7-8,10,17H,4-6H2,1H3,(H2,16,19)(H,18,20). The predicted octanol–water partition coefficient (Wildman–Crippen LogP) is 1.77. The van der Waals surface area contributed by atoms with Crippen molar-refractivity contribution in [3.05, 3.63) is 28.8 Å². The number of rotatable bonds is 3. The lowest BCUT2D eigenvalue weighted by Crippen LogP contribution is -2.40. The minimum absolute atomic E-state index is 0.0421. The third-order valence-electron chi connectivity index (χ3n) is 3.50. The van der Waals surface area contributed by atoms with Crippen LogP contribution in [0.15, 0.2) is 18.2 Å². The van der Waals surface area contributed by atoms with E-state index in [1.165, 1.54) is 12.1 Å². The molecule has 0 spiro atoms. The van der Waals surface area contributed by atoms with Crippen LogP contribution in [0.5, 0.6) is 0 Å². The van der Waals surface area contributed by atoms with Crippen LogP contribution in [0.25, 0.3) is 0 Å². The summed E-state index contributed by atoms with van der Waals surface area (Å²) in [6.07, 6.45) is 1.59. The highest BCUT2D eigenvalue weighted by molar-refractivity contribution is 6.33. The SMILES string of the molecule is CC1CC(C(=O)Nc2cc(C(N)=O)ccc2Cl)CCN1. The molecule has 0 radical (unpaired) electrons. The molecule has 1 heterocycles. The first-order valence-corrected chi connectivity index (χ1v) is 6.98. The molecule has 2 atom stereocenters. The molecule has 6 heteroatoms. The average molecular weight is 296 g/mol. The smallest absolute Gasteiger partial charge is 0.248 e. The number of primary amides is 1. The Kier molecular flexibility index (Phi) is 4.62. The average Bonchev–Trinajstić information content (AvgIpc) is 2.41. The molecular weight excluding hydrogens is 278 g/mol. The van der Waals surface area contributed by atoms with Gasteiger partial charge in [0, 0.05) is 17.5 Å². The largest absolute Gasteiger partial charge is 0.366 e. The van der Waals surface area contributed by atoms with E-state index in [9.17, 15) is 9.59 Å². The van der Waals surface area contributed by atoms with Crippen molar-refractivity contribution in [2.45, 2.75) is 25.8 Å². The molecule has 108 valence electrons. The van der Waals surface area contributed by atoms with Gasteiger partial charge in [-0.15, -0.1) is 0 Å². The summed E-state index contributed by atoms with van der Waals surface area (Å²) in [7, 11) is 0. The molecule has 2 amide bonds. The molecule has 1 fully saturated rings. The Hall–Kier alpha value is -1.59. The molecule has 1 aliphatic rings. The number of anilines is 1. The second kappa shape index (κ2) is 6.24. The van der Waals surface area contributed by atoms with Crippen molar-refractivity contribution < 1.29 is 9.59 Å². The molecule has 5 nitrogen and oxygen atoms in total. The fraction of sp³-hybridized carbons (Fsp3) is 0.429. The maximum atomic E-state index is 12.2. The fourth-order valence-corrected chi connectivity index (χ4v) is 2.54. The number of benzene rings is 1. The Labute approximate surface area is 122 Å². The summed E-state index contributed by atoms with van der Waals surface area (Å²) in [6.45, 7) is 2.88. The van der Waals surface area contributed by atoms with Gasteiger partial charge in [0.2, 0.25) is 11.8 Å². The molecule has 4 N–H and O–H groups in total. The van der Waals surface area contributed by atoms with E-state index < -0.39 is 5.91 Å². The number of hydrogen-bond donors (Lipinski definition) is 3. The van der Waals surface area contributed by atoms with E-state index in [-0.39, 0.29) is 11.8 Å². The van der Waals surface area contributed by atoms with E-state index in [0.29, 0.717) is 22.3 Å². The van der Waals surface area contributed by atoms with E-state index in [4.69, 9.17) is 17.3 Å². The first kappa shape index (κ1) is 14.8. The van der Waals surface area contributed by atoms with Crippen LogP contribution in [0.1, 0.15) is 30.1 Å². The molecule has 1 aromatic rings. The third-order valence-corrected chi connectivity index (χ3v) is 3.83. The van der Waals surface area contributed by atoms with Crippen molar-refractivity contribution in [1.82, 2.24) is 5.32 Å². The zero-order valence-corrected chi connectivity index (χ0v) is 12.0. The van der Waals surface area contributed by atoms with E-state index in [2.05, 4.69) is 17.6 Å². The molecule has 0 bridgehead atoms. The molecule has 0 aromatic heterocycles. The first-order chi connectivity index (χ1) is 9.47. The first-order valence-electron chi connectivity index (χ1n) is 6.61. The summed E-state index contributed by atoms with van der Waals surface area (Å²) >= 11 is 6.03. The quantitative estimate of drug-likeness (QED) is 0.794. The number of piperidine rings is 1. The Morgan fingerprint density at radius 3 is 2.85 bits per heavy atom. The Morgan fingerprint density at radius 1 is 1.45 bits per heavy atom. The number of halogens is 1. The normalized spacial score (nSPS) is 22.3. The van der Waals surface area contributed by atoms with Crippen LogP contribution in [0.4, 0.5) is 5.69 Å².